The highest BCUT2D eigenvalue weighted by molar-refractivity contribution is 5.78. The molecule has 140 valence electrons. The molecule has 0 N–H and O–H groups in total. The van der Waals surface area contributed by atoms with Crippen LogP contribution < -0.4 is 0 Å². The Labute approximate surface area is 153 Å². The maximum Gasteiger partial charge on any atom is 0.236 e. The Bertz CT molecular complexity index is 748. The molecule has 1 saturated heterocycles. The lowest BCUT2D eigenvalue weighted by atomic mass is 10.1. The first kappa shape index (κ1) is 17.2. The van der Waals surface area contributed by atoms with Gasteiger partial charge in [-0.15, -0.1) is 0 Å². The van der Waals surface area contributed by atoms with Crippen molar-refractivity contribution >= 4 is 5.91 Å². The number of fused-ring (bicyclic) bond motifs is 1. The smallest absolute Gasteiger partial charge is 0.236 e. The number of aryl methyl sites for hydroxylation is 2. The Morgan fingerprint density at radius 2 is 2.12 bits per heavy atom. The maximum atomic E-state index is 13.1. The monoisotopic (exact) mass is 358 g/mol. The van der Waals surface area contributed by atoms with Crippen molar-refractivity contribution in [2.45, 2.75) is 58.2 Å². The molecule has 2 aliphatic heterocycles. The zero-order chi connectivity index (χ0) is 17.9. The van der Waals surface area contributed by atoms with Crippen molar-refractivity contribution in [2.24, 2.45) is 0 Å². The van der Waals surface area contributed by atoms with Crippen molar-refractivity contribution in [1.82, 2.24) is 29.7 Å². The van der Waals surface area contributed by atoms with Crippen LogP contribution in [0.5, 0.6) is 0 Å². The molecule has 0 bridgehead atoms. The molecule has 2 aliphatic rings. The van der Waals surface area contributed by atoms with Crippen molar-refractivity contribution in [1.29, 1.82) is 0 Å². The van der Waals surface area contributed by atoms with Gasteiger partial charge in [0, 0.05) is 25.3 Å². The number of rotatable bonds is 4. The second-order valence-electron chi connectivity index (χ2n) is 7.28. The van der Waals surface area contributed by atoms with E-state index in [0.717, 1.165) is 38.3 Å². The zero-order valence-corrected chi connectivity index (χ0v) is 15.3. The molecule has 1 fully saturated rings. The van der Waals surface area contributed by atoms with E-state index in [1.165, 1.54) is 19.3 Å². The molecule has 1 amide bonds. The molecular weight excluding hydrogens is 332 g/mol. The van der Waals surface area contributed by atoms with Crippen LogP contribution in [0.3, 0.4) is 0 Å². The zero-order valence-electron chi connectivity index (χ0n) is 15.3. The van der Waals surface area contributed by atoms with Gasteiger partial charge in [0.2, 0.25) is 11.8 Å². The fourth-order valence-electron chi connectivity index (χ4n) is 3.99. The van der Waals surface area contributed by atoms with Crippen LogP contribution in [-0.4, -0.2) is 61.3 Å². The van der Waals surface area contributed by atoms with Gasteiger partial charge in [-0.3, -0.25) is 9.48 Å². The molecular formula is C18H26N6O2. The quantitative estimate of drug-likeness (QED) is 0.822. The van der Waals surface area contributed by atoms with Gasteiger partial charge in [0.25, 0.3) is 0 Å². The van der Waals surface area contributed by atoms with E-state index >= 15 is 0 Å². The van der Waals surface area contributed by atoms with Crippen LogP contribution in [0.2, 0.25) is 0 Å². The van der Waals surface area contributed by atoms with E-state index in [9.17, 15) is 4.79 Å². The van der Waals surface area contributed by atoms with Crippen LogP contribution in [0.15, 0.2) is 16.8 Å². The first-order valence-corrected chi connectivity index (χ1v) is 9.51. The second kappa shape index (κ2) is 7.57. The fourth-order valence-corrected chi connectivity index (χ4v) is 3.99. The standard InChI is InChI=1S/C18H26N6O2/c1-14-20-17(26-21-14)11-18(25)23-13-16-5-7-19-24(16)10-6-15(23)12-22-8-3-2-4-9-22/h5,7,15H,2-4,6,8-13H2,1H3/t15-/m1/s1. The van der Waals surface area contributed by atoms with E-state index in [2.05, 4.69) is 20.1 Å². The average Bonchev–Trinajstić information content (AvgIpc) is 3.22. The molecule has 8 heteroatoms. The summed E-state index contributed by atoms with van der Waals surface area (Å²) in [4.78, 5) is 21.7. The Morgan fingerprint density at radius 1 is 1.27 bits per heavy atom. The van der Waals surface area contributed by atoms with E-state index in [-0.39, 0.29) is 18.4 Å². The summed E-state index contributed by atoms with van der Waals surface area (Å²) in [6.45, 7) is 6.40. The second-order valence-corrected chi connectivity index (χ2v) is 7.28. The normalized spacial score (nSPS) is 21.4. The summed E-state index contributed by atoms with van der Waals surface area (Å²) >= 11 is 0. The maximum absolute atomic E-state index is 13.1. The van der Waals surface area contributed by atoms with Crippen molar-refractivity contribution < 1.29 is 9.32 Å². The summed E-state index contributed by atoms with van der Waals surface area (Å²) in [6.07, 6.45) is 6.71. The molecule has 4 heterocycles. The highest BCUT2D eigenvalue weighted by Crippen LogP contribution is 2.21. The van der Waals surface area contributed by atoms with Gasteiger partial charge in [-0.05, 0) is 45.3 Å². The van der Waals surface area contributed by atoms with Crippen LogP contribution in [0.25, 0.3) is 0 Å². The molecule has 0 aliphatic carbocycles. The molecule has 0 unspecified atom stereocenters. The van der Waals surface area contributed by atoms with Gasteiger partial charge < -0.3 is 14.3 Å². The Balaban J connectivity index is 1.51. The molecule has 1 atom stereocenters. The highest BCUT2D eigenvalue weighted by atomic mass is 16.5. The lowest BCUT2D eigenvalue weighted by Gasteiger charge is -2.35. The summed E-state index contributed by atoms with van der Waals surface area (Å²) in [5, 5.41) is 8.20. The third-order valence-corrected chi connectivity index (χ3v) is 5.36. The van der Waals surface area contributed by atoms with E-state index in [4.69, 9.17) is 4.52 Å². The number of hydrogen-bond donors (Lipinski definition) is 0. The number of carbonyl (C=O) groups excluding carboxylic acids is 1. The van der Waals surface area contributed by atoms with E-state index in [1.807, 2.05) is 21.8 Å². The average molecular weight is 358 g/mol. The third-order valence-electron chi connectivity index (χ3n) is 5.36. The minimum absolute atomic E-state index is 0.0466. The topological polar surface area (TPSA) is 80.3 Å². The lowest BCUT2D eigenvalue weighted by Crippen LogP contribution is -2.47. The van der Waals surface area contributed by atoms with Gasteiger partial charge in [0.15, 0.2) is 5.82 Å². The fraction of sp³-hybridized carbons (Fsp3) is 0.667. The third kappa shape index (κ3) is 3.80. The Kier molecular flexibility index (Phi) is 5.01. The van der Waals surface area contributed by atoms with Crippen LogP contribution in [0, 0.1) is 6.92 Å². The molecule has 0 radical (unpaired) electrons. The number of piperidine rings is 1. The van der Waals surface area contributed by atoms with Crippen LogP contribution in [0.4, 0.5) is 0 Å². The number of amides is 1. The van der Waals surface area contributed by atoms with Gasteiger partial charge in [0.05, 0.1) is 12.2 Å². The molecule has 2 aromatic rings. The van der Waals surface area contributed by atoms with E-state index < -0.39 is 0 Å². The number of nitrogens with zero attached hydrogens (tertiary/aromatic N) is 6. The summed E-state index contributed by atoms with van der Waals surface area (Å²) in [6, 6.07) is 2.19. The van der Waals surface area contributed by atoms with Crippen LogP contribution >= 0.6 is 0 Å². The number of carbonyl (C=O) groups is 1. The summed E-state index contributed by atoms with van der Waals surface area (Å²) in [5.41, 5.74) is 1.08. The highest BCUT2D eigenvalue weighted by Gasteiger charge is 2.30. The van der Waals surface area contributed by atoms with Crippen molar-refractivity contribution in [3.8, 4) is 0 Å². The molecule has 4 rings (SSSR count). The van der Waals surface area contributed by atoms with Crippen LogP contribution in [0.1, 0.15) is 43.1 Å². The summed E-state index contributed by atoms with van der Waals surface area (Å²) in [7, 11) is 0. The largest absolute Gasteiger partial charge is 0.339 e. The molecule has 2 aromatic heterocycles. The summed E-state index contributed by atoms with van der Waals surface area (Å²) in [5.74, 6) is 0.999. The van der Waals surface area contributed by atoms with Crippen molar-refractivity contribution in [2.75, 3.05) is 19.6 Å². The first-order valence-electron chi connectivity index (χ1n) is 9.51. The number of likely N-dealkylation sites (tertiary alicyclic amines) is 1. The summed E-state index contributed by atoms with van der Waals surface area (Å²) < 4.78 is 7.18. The first-order chi connectivity index (χ1) is 12.7. The SMILES string of the molecule is Cc1noc(CC(=O)N2Cc3ccnn3CC[C@@H]2CN2CCCCC2)n1. The Morgan fingerprint density at radius 3 is 2.88 bits per heavy atom. The van der Waals surface area contributed by atoms with Crippen molar-refractivity contribution in [3.63, 3.8) is 0 Å². The number of aromatic nitrogens is 4. The lowest BCUT2D eigenvalue weighted by molar-refractivity contribution is -0.134. The Hall–Kier alpha value is -2.22. The van der Waals surface area contributed by atoms with Gasteiger partial charge in [-0.25, -0.2) is 0 Å². The van der Waals surface area contributed by atoms with Gasteiger partial charge in [0.1, 0.15) is 6.42 Å². The molecule has 26 heavy (non-hydrogen) atoms. The van der Waals surface area contributed by atoms with Gasteiger partial charge in [-0.2, -0.15) is 10.1 Å². The predicted molar refractivity (Wildman–Crippen MR) is 94.2 cm³/mol. The molecule has 0 spiro atoms. The predicted octanol–water partition coefficient (Wildman–Crippen LogP) is 1.40. The van der Waals surface area contributed by atoms with E-state index in [1.54, 1.807) is 6.92 Å². The number of hydrogen-bond acceptors (Lipinski definition) is 6. The molecule has 8 nitrogen and oxygen atoms in total. The van der Waals surface area contributed by atoms with E-state index in [0.29, 0.717) is 18.3 Å². The van der Waals surface area contributed by atoms with Crippen LogP contribution in [-0.2, 0) is 24.3 Å². The van der Waals surface area contributed by atoms with Crippen molar-refractivity contribution in [3.05, 3.63) is 29.7 Å². The molecule has 0 aromatic carbocycles. The molecule has 0 saturated carbocycles. The minimum Gasteiger partial charge on any atom is -0.339 e. The van der Waals surface area contributed by atoms with Gasteiger partial charge >= 0.3 is 0 Å². The van der Waals surface area contributed by atoms with Gasteiger partial charge in [-0.1, -0.05) is 11.6 Å². The minimum atomic E-state index is 0.0466.